The summed E-state index contributed by atoms with van der Waals surface area (Å²) in [4.78, 5) is 22.7. The molecule has 1 amide bonds. The third kappa shape index (κ3) is 2.37. The number of carbonyl (C=O) groups excluding carboxylic acids is 1. The van der Waals surface area contributed by atoms with Crippen LogP contribution in [0.15, 0.2) is 12.2 Å². The van der Waals surface area contributed by atoms with Crippen LogP contribution in [0.5, 0.6) is 0 Å². The third-order valence-electron chi connectivity index (χ3n) is 3.01. The van der Waals surface area contributed by atoms with E-state index in [4.69, 9.17) is 5.11 Å². The SMILES string of the molecule is O=C(O)C1CC=CCC1C(=O)NC1CC1. The average Bonchev–Trinajstić information content (AvgIpc) is 3.01. The minimum atomic E-state index is -0.865. The summed E-state index contributed by atoms with van der Waals surface area (Å²) in [5, 5.41) is 11.9. The van der Waals surface area contributed by atoms with Crippen LogP contribution in [0.1, 0.15) is 25.7 Å². The molecule has 0 spiro atoms. The van der Waals surface area contributed by atoms with E-state index in [2.05, 4.69) is 5.32 Å². The van der Waals surface area contributed by atoms with Crippen molar-refractivity contribution in [1.82, 2.24) is 5.32 Å². The lowest BCUT2D eigenvalue weighted by Gasteiger charge is -2.24. The average molecular weight is 209 g/mol. The van der Waals surface area contributed by atoms with E-state index in [9.17, 15) is 9.59 Å². The fraction of sp³-hybridized carbons (Fsp3) is 0.636. The molecule has 0 saturated heterocycles. The smallest absolute Gasteiger partial charge is 0.307 e. The Bertz CT molecular complexity index is 307. The van der Waals surface area contributed by atoms with Gasteiger partial charge in [0.25, 0.3) is 0 Å². The standard InChI is InChI=1S/C11H15NO3/c13-10(12-7-5-6-7)8-3-1-2-4-9(8)11(14)15/h1-2,7-9H,3-6H2,(H,12,13)(H,14,15). The number of aliphatic carboxylic acids is 1. The van der Waals surface area contributed by atoms with Crippen molar-refractivity contribution in [1.29, 1.82) is 0 Å². The third-order valence-corrected chi connectivity index (χ3v) is 3.01. The molecule has 0 aromatic carbocycles. The van der Waals surface area contributed by atoms with Crippen LogP contribution in [0.3, 0.4) is 0 Å². The first-order valence-electron chi connectivity index (χ1n) is 5.36. The van der Waals surface area contributed by atoms with Crippen molar-refractivity contribution in [2.75, 3.05) is 0 Å². The van der Waals surface area contributed by atoms with Gasteiger partial charge in [0.2, 0.25) is 5.91 Å². The fourth-order valence-corrected chi connectivity index (χ4v) is 1.91. The van der Waals surface area contributed by atoms with Crippen LogP contribution >= 0.6 is 0 Å². The molecule has 0 aromatic heterocycles. The summed E-state index contributed by atoms with van der Waals surface area (Å²) in [5.74, 6) is -1.88. The summed E-state index contributed by atoms with van der Waals surface area (Å²) < 4.78 is 0. The molecule has 2 N–H and O–H groups in total. The van der Waals surface area contributed by atoms with Crippen molar-refractivity contribution < 1.29 is 14.7 Å². The molecule has 4 nitrogen and oxygen atoms in total. The summed E-state index contributed by atoms with van der Waals surface area (Å²) in [7, 11) is 0. The Morgan fingerprint density at radius 1 is 1.13 bits per heavy atom. The van der Waals surface area contributed by atoms with Crippen LogP contribution in [0, 0.1) is 11.8 Å². The Hall–Kier alpha value is -1.32. The number of amides is 1. The second-order valence-corrected chi connectivity index (χ2v) is 4.28. The first-order valence-corrected chi connectivity index (χ1v) is 5.36. The first kappa shape index (κ1) is 10.2. The van der Waals surface area contributed by atoms with Gasteiger partial charge in [-0.25, -0.2) is 0 Å². The molecule has 1 saturated carbocycles. The van der Waals surface area contributed by atoms with Crippen LogP contribution in [-0.4, -0.2) is 23.0 Å². The van der Waals surface area contributed by atoms with Gasteiger partial charge in [-0.1, -0.05) is 12.2 Å². The van der Waals surface area contributed by atoms with Crippen molar-refractivity contribution in [3.63, 3.8) is 0 Å². The highest BCUT2D eigenvalue weighted by atomic mass is 16.4. The van der Waals surface area contributed by atoms with Crippen molar-refractivity contribution in [2.45, 2.75) is 31.7 Å². The van der Waals surface area contributed by atoms with Gasteiger partial charge in [0.15, 0.2) is 0 Å². The first-order chi connectivity index (χ1) is 7.18. The molecule has 82 valence electrons. The van der Waals surface area contributed by atoms with Crippen LogP contribution < -0.4 is 5.32 Å². The second kappa shape index (κ2) is 4.04. The number of rotatable bonds is 3. The number of carboxylic acids is 1. The zero-order valence-corrected chi connectivity index (χ0v) is 8.48. The van der Waals surface area contributed by atoms with Gasteiger partial charge < -0.3 is 10.4 Å². The molecule has 1 fully saturated rings. The van der Waals surface area contributed by atoms with E-state index in [1.165, 1.54) is 0 Å². The van der Waals surface area contributed by atoms with Crippen LogP contribution in [-0.2, 0) is 9.59 Å². The maximum atomic E-state index is 11.8. The molecule has 15 heavy (non-hydrogen) atoms. The summed E-state index contributed by atoms with van der Waals surface area (Å²) >= 11 is 0. The monoisotopic (exact) mass is 209 g/mol. The minimum Gasteiger partial charge on any atom is -0.481 e. The van der Waals surface area contributed by atoms with Gasteiger partial charge in [0, 0.05) is 6.04 Å². The number of carboxylic acid groups (broad SMARTS) is 1. The molecular formula is C11H15NO3. The summed E-state index contributed by atoms with van der Waals surface area (Å²) in [5.41, 5.74) is 0. The Morgan fingerprint density at radius 3 is 2.27 bits per heavy atom. The Balaban J connectivity index is 2.00. The number of nitrogens with one attached hydrogen (secondary N) is 1. The highest BCUT2D eigenvalue weighted by Gasteiger charge is 2.36. The van der Waals surface area contributed by atoms with Gasteiger partial charge in [-0.05, 0) is 25.7 Å². The maximum absolute atomic E-state index is 11.8. The largest absolute Gasteiger partial charge is 0.481 e. The lowest BCUT2D eigenvalue weighted by Crippen LogP contribution is -2.39. The van der Waals surface area contributed by atoms with Crippen molar-refractivity contribution in [3.05, 3.63) is 12.2 Å². The number of allylic oxidation sites excluding steroid dienone is 2. The van der Waals surface area contributed by atoms with Crippen molar-refractivity contribution in [3.8, 4) is 0 Å². The van der Waals surface area contributed by atoms with E-state index < -0.39 is 11.9 Å². The lowest BCUT2D eigenvalue weighted by atomic mass is 9.82. The summed E-state index contributed by atoms with van der Waals surface area (Å²) in [6.07, 6.45) is 6.84. The van der Waals surface area contributed by atoms with E-state index in [0.717, 1.165) is 12.8 Å². The van der Waals surface area contributed by atoms with Gasteiger partial charge >= 0.3 is 5.97 Å². The zero-order valence-electron chi connectivity index (χ0n) is 8.48. The van der Waals surface area contributed by atoms with E-state index in [1.54, 1.807) is 0 Å². The molecule has 0 aliphatic heterocycles. The predicted octanol–water partition coefficient (Wildman–Crippen LogP) is 0.932. The van der Waals surface area contributed by atoms with E-state index >= 15 is 0 Å². The molecule has 0 heterocycles. The minimum absolute atomic E-state index is 0.0887. The fourth-order valence-electron chi connectivity index (χ4n) is 1.91. The highest BCUT2D eigenvalue weighted by Crippen LogP contribution is 2.27. The normalized spacial score (nSPS) is 29.9. The molecular weight excluding hydrogens is 194 g/mol. The van der Waals surface area contributed by atoms with E-state index in [1.807, 2.05) is 12.2 Å². The summed E-state index contributed by atoms with van der Waals surface area (Å²) in [6, 6.07) is 0.304. The van der Waals surface area contributed by atoms with Crippen LogP contribution in [0.25, 0.3) is 0 Å². The van der Waals surface area contributed by atoms with Crippen LogP contribution in [0.4, 0.5) is 0 Å². The number of hydrogen-bond acceptors (Lipinski definition) is 2. The second-order valence-electron chi connectivity index (χ2n) is 4.28. The molecule has 2 aliphatic carbocycles. The van der Waals surface area contributed by atoms with Gasteiger partial charge in [-0.3, -0.25) is 9.59 Å². The molecule has 2 unspecified atom stereocenters. The number of hydrogen-bond donors (Lipinski definition) is 2. The number of carbonyl (C=O) groups is 2. The van der Waals surface area contributed by atoms with Crippen molar-refractivity contribution >= 4 is 11.9 Å². The predicted molar refractivity (Wildman–Crippen MR) is 54.2 cm³/mol. The van der Waals surface area contributed by atoms with E-state index in [-0.39, 0.29) is 11.8 Å². The molecule has 2 rings (SSSR count). The van der Waals surface area contributed by atoms with E-state index in [0.29, 0.717) is 18.9 Å². The van der Waals surface area contributed by atoms with Crippen molar-refractivity contribution in [2.24, 2.45) is 11.8 Å². The molecule has 0 bridgehead atoms. The Kier molecular flexibility index (Phi) is 2.75. The zero-order chi connectivity index (χ0) is 10.8. The van der Waals surface area contributed by atoms with Crippen LogP contribution in [0.2, 0.25) is 0 Å². The van der Waals surface area contributed by atoms with Gasteiger partial charge in [0.05, 0.1) is 11.8 Å². The lowest BCUT2D eigenvalue weighted by molar-refractivity contribution is -0.147. The molecule has 2 aliphatic rings. The topological polar surface area (TPSA) is 66.4 Å². The Morgan fingerprint density at radius 2 is 1.73 bits per heavy atom. The Labute approximate surface area is 88.4 Å². The van der Waals surface area contributed by atoms with Gasteiger partial charge in [-0.2, -0.15) is 0 Å². The quantitative estimate of drug-likeness (QED) is 0.679. The highest BCUT2D eigenvalue weighted by molar-refractivity contribution is 5.85. The van der Waals surface area contributed by atoms with Gasteiger partial charge in [-0.15, -0.1) is 0 Å². The summed E-state index contributed by atoms with van der Waals surface area (Å²) in [6.45, 7) is 0. The van der Waals surface area contributed by atoms with Gasteiger partial charge in [0.1, 0.15) is 0 Å². The maximum Gasteiger partial charge on any atom is 0.307 e. The molecule has 4 heteroatoms. The molecule has 2 atom stereocenters. The molecule has 0 radical (unpaired) electrons. The molecule has 0 aromatic rings.